The summed E-state index contributed by atoms with van der Waals surface area (Å²) in [5.41, 5.74) is -1.19. The van der Waals surface area contributed by atoms with E-state index in [9.17, 15) is 9.35 Å². The van der Waals surface area contributed by atoms with Gasteiger partial charge in [0, 0.05) is 11.4 Å². The molecule has 1 heterocycles. The molecule has 0 fully saturated rings. The molecule has 0 aliphatic carbocycles. The van der Waals surface area contributed by atoms with Crippen LogP contribution in [0.5, 0.6) is 0 Å². The lowest BCUT2D eigenvalue weighted by atomic mass is 9.94. The van der Waals surface area contributed by atoms with Gasteiger partial charge in [0.25, 0.3) is 0 Å². The lowest BCUT2D eigenvalue weighted by molar-refractivity contribution is -0.144. The van der Waals surface area contributed by atoms with Gasteiger partial charge < -0.3 is 9.29 Å². The van der Waals surface area contributed by atoms with Gasteiger partial charge in [-0.2, -0.15) is 0 Å². The maximum absolute atomic E-state index is 16.0. The van der Waals surface area contributed by atoms with Gasteiger partial charge in [-0.1, -0.05) is 38.9 Å². The first kappa shape index (κ1) is 27.6. The van der Waals surface area contributed by atoms with Crippen LogP contribution in [-0.4, -0.2) is 34.9 Å². The maximum Gasteiger partial charge on any atom is 0.308 e. The average molecular weight is 524 g/mol. The molecular formula is C21H36BrFN2O3SSi. The molecular weight excluding hydrogens is 487 g/mol. The van der Waals surface area contributed by atoms with Crippen LogP contribution in [0.25, 0.3) is 0 Å². The molecule has 9 heteroatoms. The highest BCUT2D eigenvalue weighted by Gasteiger charge is 2.44. The number of nitrogens with one attached hydrogen (secondary N) is 1. The van der Waals surface area contributed by atoms with E-state index in [-0.39, 0.29) is 18.7 Å². The summed E-state index contributed by atoms with van der Waals surface area (Å²) in [5.74, 6) is -0.897. The molecule has 0 saturated carbocycles. The van der Waals surface area contributed by atoms with Crippen LogP contribution in [0.2, 0.25) is 18.1 Å². The summed E-state index contributed by atoms with van der Waals surface area (Å²) in [4.78, 5) is 16.8. The number of pyridine rings is 1. The number of hydrogen-bond donors (Lipinski definition) is 1. The van der Waals surface area contributed by atoms with Crippen LogP contribution in [0, 0.1) is 5.82 Å². The number of esters is 1. The van der Waals surface area contributed by atoms with Crippen molar-refractivity contribution in [2.45, 2.75) is 90.2 Å². The van der Waals surface area contributed by atoms with Crippen molar-refractivity contribution in [2.24, 2.45) is 0 Å². The molecule has 1 aromatic heterocycles. The third-order valence-electron chi connectivity index (χ3n) is 5.73. The van der Waals surface area contributed by atoms with Crippen molar-refractivity contribution in [3.05, 3.63) is 22.2 Å². The Hall–Kier alpha value is -0.483. The molecule has 1 aromatic rings. The van der Waals surface area contributed by atoms with E-state index in [4.69, 9.17) is 4.74 Å². The molecule has 0 radical (unpaired) electrons. The van der Waals surface area contributed by atoms with E-state index in [0.29, 0.717) is 9.79 Å². The first-order chi connectivity index (χ1) is 13.8. The molecule has 0 aromatic carbocycles. The van der Waals surface area contributed by atoms with Crippen molar-refractivity contribution in [2.75, 3.05) is 6.61 Å². The lowest BCUT2D eigenvalue weighted by Gasteiger charge is -2.36. The Morgan fingerprint density at radius 3 is 2.20 bits per heavy atom. The van der Waals surface area contributed by atoms with Crippen molar-refractivity contribution in [1.82, 2.24) is 9.71 Å². The van der Waals surface area contributed by atoms with Gasteiger partial charge in [-0.3, -0.25) is 4.79 Å². The molecule has 0 aliphatic rings. The number of ether oxygens (including phenoxy) is 1. The fourth-order valence-corrected chi connectivity index (χ4v) is 8.77. The zero-order chi connectivity index (χ0) is 23.3. The monoisotopic (exact) mass is 522 g/mol. The fraction of sp³-hybridized carbons (Fsp3) is 0.714. The highest BCUT2D eigenvalue weighted by atomic mass is 79.9. The Kier molecular flexibility index (Phi) is 10.0. The predicted molar refractivity (Wildman–Crippen MR) is 128 cm³/mol. The van der Waals surface area contributed by atoms with Crippen molar-refractivity contribution in [3.8, 4) is 0 Å². The van der Waals surface area contributed by atoms with Gasteiger partial charge in [-0.15, -0.1) is 4.72 Å². The van der Waals surface area contributed by atoms with Crippen molar-refractivity contribution in [3.63, 3.8) is 0 Å². The van der Waals surface area contributed by atoms with Gasteiger partial charge >= 0.3 is 5.97 Å². The van der Waals surface area contributed by atoms with E-state index in [2.05, 4.69) is 46.4 Å². The molecule has 0 aliphatic heterocycles. The average Bonchev–Trinajstić information content (AvgIpc) is 2.65. The van der Waals surface area contributed by atoms with Crippen LogP contribution in [0.3, 0.4) is 0 Å². The van der Waals surface area contributed by atoms with Gasteiger partial charge in [0.15, 0.2) is 0 Å². The molecule has 1 rings (SSSR count). The summed E-state index contributed by atoms with van der Waals surface area (Å²) < 4.78 is 37.0. The Morgan fingerprint density at radius 2 is 1.77 bits per heavy atom. The Morgan fingerprint density at radius 1 is 1.23 bits per heavy atom. The van der Waals surface area contributed by atoms with Crippen LogP contribution in [0.15, 0.2) is 10.7 Å². The third-order valence-corrected chi connectivity index (χ3v) is 13.4. The first-order valence-corrected chi connectivity index (χ1v) is 15.1. The molecule has 0 bridgehead atoms. The standard InChI is InChI=1S/C21H36BrFN2O3SSi/c1-9-28-17(26)14-21(8,25-29(27)20(5,6)7)19-18(23)15(13-16(22)24-19)30(10-2,11-3)12-4/h13,25H,9-12,14H2,1-8H3/t21-,29?/m0/s1. The van der Waals surface area contributed by atoms with Crippen molar-refractivity contribution >= 4 is 46.5 Å². The summed E-state index contributed by atoms with van der Waals surface area (Å²) in [6.45, 7) is 15.4. The second-order valence-electron chi connectivity index (χ2n) is 8.79. The molecule has 0 spiro atoms. The Balaban J connectivity index is 3.69. The summed E-state index contributed by atoms with van der Waals surface area (Å²) in [5, 5.41) is 0.699. The summed E-state index contributed by atoms with van der Waals surface area (Å²) in [6.07, 6.45) is -0.179. The predicted octanol–water partition coefficient (Wildman–Crippen LogP) is 4.92. The molecule has 1 unspecified atom stereocenters. The summed E-state index contributed by atoms with van der Waals surface area (Å²) in [6, 6.07) is 4.50. The largest absolute Gasteiger partial charge is 0.598 e. The molecule has 5 nitrogen and oxygen atoms in total. The first-order valence-electron chi connectivity index (χ1n) is 10.5. The number of aromatic nitrogens is 1. The Labute approximate surface area is 193 Å². The molecule has 2 atom stereocenters. The Bertz CT molecular complexity index is 735. The highest BCUT2D eigenvalue weighted by molar-refractivity contribution is 9.10. The maximum atomic E-state index is 16.0. The molecule has 0 amide bonds. The van der Waals surface area contributed by atoms with Gasteiger partial charge in [0.2, 0.25) is 0 Å². The van der Waals surface area contributed by atoms with Crippen molar-refractivity contribution in [1.29, 1.82) is 0 Å². The van der Waals surface area contributed by atoms with Gasteiger partial charge in [0.1, 0.15) is 26.4 Å². The highest BCUT2D eigenvalue weighted by Crippen LogP contribution is 2.32. The van der Waals surface area contributed by atoms with Crippen molar-refractivity contribution < 1.29 is 18.5 Å². The zero-order valence-electron chi connectivity index (χ0n) is 19.4. The minimum absolute atomic E-state index is 0.102. The topological polar surface area (TPSA) is 74.3 Å². The fourth-order valence-electron chi connectivity index (χ4n) is 3.60. The minimum atomic E-state index is -2.08. The smallest absolute Gasteiger partial charge is 0.308 e. The van der Waals surface area contributed by atoms with E-state index < -0.39 is 41.5 Å². The van der Waals surface area contributed by atoms with E-state index in [1.165, 1.54) is 0 Å². The number of nitrogens with zero attached hydrogens (tertiary/aromatic N) is 1. The lowest BCUT2D eigenvalue weighted by Crippen LogP contribution is -2.54. The van der Waals surface area contributed by atoms with Crippen LogP contribution >= 0.6 is 15.9 Å². The number of carbonyl (C=O) groups excluding carboxylic acids is 1. The molecule has 1 N–H and O–H groups in total. The summed E-state index contributed by atoms with van der Waals surface area (Å²) in [7, 11) is -2.08. The number of rotatable bonds is 10. The third kappa shape index (κ3) is 6.28. The van der Waals surface area contributed by atoms with Crippen LogP contribution < -0.4 is 9.91 Å². The van der Waals surface area contributed by atoms with E-state index in [0.717, 1.165) is 18.1 Å². The minimum Gasteiger partial charge on any atom is -0.598 e. The van der Waals surface area contributed by atoms with Crippen LogP contribution in [-0.2, 0) is 26.4 Å². The quantitative estimate of drug-likeness (QED) is 0.204. The number of halogens is 2. The number of hydrogen-bond acceptors (Lipinski definition) is 5. The second kappa shape index (κ2) is 10.9. The van der Waals surface area contributed by atoms with Gasteiger partial charge in [-0.25, -0.2) is 9.37 Å². The molecule has 0 saturated heterocycles. The van der Waals surface area contributed by atoms with Gasteiger partial charge in [0.05, 0.1) is 21.1 Å². The van der Waals surface area contributed by atoms with E-state index in [1.54, 1.807) is 19.9 Å². The second-order valence-corrected chi connectivity index (χ2v) is 16.8. The van der Waals surface area contributed by atoms with Crippen LogP contribution in [0.4, 0.5) is 4.39 Å². The van der Waals surface area contributed by atoms with E-state index in [1.807, 2.05) is 20.8 Å². The van der Waals surface area contributed by atoms with E-state index >= 15 is 4.39 Å². The summed E-state index contributed by atoms with van der Waals surface area (Å²) >= 11 is 1.90. The normalized spacial score (nSPS) is 15.6. The SMILES string of the molecule is CCOC(=O)C[C@](C)(N[S+]([O-])C(C)(C)C)c1nc(Br)cc([Si](CC)(CC)CC)c1F. The van der Waals surface area contributed by atoms with Gasteiger partial charge in [-0.05, 0) is 61.8 Å². The zero-order valence-corrected chi connectivity index (χ0v) is 22.9. The number of carbonyl (C=O) groups is 1. The van der Waals surface area contributed by atoms with Crippen LogP contribution in [0.1, 0.15) is 67.5 Å². The molecule has 172 valence electrons. The molecule has 30 heavy (non-hydrogen) atoms.